The Morgan fingerprint density at radius 2 is 1.76 bits per heavy atom. The quantitative estimate of drug-likeness (QED) is 0.831. The van der Waals surface area contributed by atoms with Crippen LogP contribution in [0.1, 0.15) is 5.56 Å². The summed E-state index contributed by atoms with van der Waals surface area (Å²) in [7, 11) is 0. The monoisotopic (exact) mass is 243 g/mol. The van der Waals surface area contributed by atoms with Crippen molar-refractivity contribution in [1.82, 2.24) is 0 Å². The standard InChI is InChI=1S/C15H17NS/c1-17-15-7-5-13(6-8-15)14-4-2-3-12(11-14)9-10-16/h2-8,11H,9-10,16H2,1H3. The van der Waals surface area contributed by atoms with Crippen molar-refractivity contribution in [2.24, 2.45) is 5.73 Å². The minimum atomic E-state index is 0.703. The van der Waals surface area contributed by atoms with Crippen LogP contribution in [0.25, 0.3) is 11.1 Å². The van der Waals surface area contributed by atoms with Gasteiger partial charge < -0.3 is 5.73 Å². The maximum atomic E-state index is 5.58. The van der Waals surface area contributed by atoms with Gasteiger partial charge in [-0.3, -0.25) is 0 Å². The average molecular weight is 243 g/mol. The van der Waals surface area contributed by atoms with E-state index in [1.165, 1.54) is 21.6 Å². The zero-order chi connectivity index (χ0) is 12.1. The van der Waals surface area contributed by atoms with E-state index in [9.17, 15) is 0 Å². The van der Waals surface area contributed by atoms with Gasteiger partial charge in [0.05, 0.1) is 0 Å². The first-order chi connectivity index (χ1) is 8.33. The van der Waals surface area contributed by atoms with E-state index in [2.05, 4.69) is 54.8 Å². The summed E-state index contributed by atoms with van der Waals surface area (Å²) >= 11 is 1.77. The molecule has 0 unspecified atom stereocenters. The fourth-order valence-electron chi connectivity index (χ4n) is 1.86. The second-order valence-electron chi connectivity index (χ2n) is 3.97. The molecule has 2 aromatic carbocycles. The minimum Gasteiger partial charge on any atom is -0.330 e. The lowest BCUT2D eigenvalue weighted by Crippen LogP contribution is -2.02. The van der Waals surface area contributed by atoms with Crippen molar-refractivity contribution in [3.8, 4) is 11.1 Å². The number of hydrogen-bond acceptors (Lipinski definition) is 2. The van der Waals surface area contributed by atoms with Gasteiger partial charge in [0.2, 0.25) is 0 Å². The highest BCUT2D eigenvalue weighted by Crippen LogP contribution is 2.23. The third-order valence-corrected chi connectivity index (χ3v) is 3.53. The molecule has 88 valence electrons. The third-order valence-electron chi connectivity index (χ3n) is 2.78. The summed E-state index contributed by atoms with van der Waals surface area (Å²) in [6.45, 7) is 0.703. The van der Waals surface area contributed by atoms with Gasteiger partial charge >= 0.3 is 0 Å². The molecule has 0 aliphatic carbocycles. The lowest BCUT2D eigenvalue weighted by Gasteiger charge is -2.05. The highest BCUT2D eigenvalue weighted by atomic mass is 32.2. The van der Waals surface area contributed by atoms with E-state index in [-0.39, 0.29) is 0 Å². The van der Waals surface area contributed by atoms with Gasteiger partial charge in [-0.25, -0.2) is 0 Å². The second kappa shape index (κ2) is 5.89. The molecule has 0 saturated heterocycles. The molecule has 17 heavy (non-hydrogen) atoms. The maximum absolute atomic E-state index is 5.58. The molecule has 2 N–H and O–H groups in total. The van der Waals surface area contributed by atoms with E-state index in [0.717, 1.165) is 6.42 Å². The number of rotatable bonds is 4. The maximum Gasteiger partial charge on any atom is 0.00695 e. The molecule has 0 aromatic heterocycles. The van der Waals surface area contributed by atoms with Crippen LogP contribution in [0.2, 0.25) is 0 Å². The van der Waals surface area contributed by atoms with E-state index in [1.54, 1.807) is 11.8 Å². The van der Waals surface area contributed by atoms with Crippen LogP contribution in [0.15, 0.2) is 53.4 Å². The number of thioether (sulfide) groups is 1. The summed E-state index contributed by atoms with van der Waals surface area (Å²) in [6, 6.07) is 17.3. The van der Waals surface area contributed by atoms with Gasteiger partial charge in [-0.05, 0) is 48.0 Å². The zero-order valence-corrected chi connectivity index (χ0v) is 10.8. The third kappa shape index (κ3) is 3.11. The molecule has 0 radical (unpaired) electrons. The van der Waals surface area contributed by atoms with Crippen LogP contribution in [0.5, 0.6) is 0 Å². The average Bonchev–Trinajstić information content (AvgIpc) is 2.40. The fraction of sp³-hybridized carbons (Fsp3) is 0.200. The van der Waals surface area contributed by atoms with Crippen molar-refractivity contribution >= 4 is 11.8 Å². The smallest absolute Gasteiger partial charge is 0.00695 e. The first kappa shape index (κ1) is 12.2. The van der Waals surface area contributed by atoms with E-state index < -0.39 is 0 Å². The van der Waals surface area contributed by atoms with Crippen LogP contribution >= 0.6 is 11.8 Å². The van der Waals surface area contributed by atoms with E-state index in [4.69, 9.17) is 5.73 Å². The van der Waals surface area contributed by atoms with Gasteiger partial charge in [-0.1, -0.05) is 36.4 Å². The molecule has 1 nitrogen and oxygen atoms in total. The first-order valence-corrected chi connectivity index (χ1v) is 6.99. The second-order valence-corrected chi connectivity index (χ2v) is 4.85. The predicted molar refractivity (Wildman–Crippen MR) is 76.4 cm³/mol. The summed E-state index contributed by atoms with van der Waals surface area (Å²) in [5, 5.41) is 0. The molecule has 2 rings (SSSR count). The van der Waals surface area contributed by atoms with Crippen molar-refractivity contribution in [1.29, 1.82) is 0 Å². The van der Waals surface area contributed by atoms with Crippen LogP contribution in [0.3, 0.4) is 0 Å². The van der Waals surface area contributed by atoms with Crippen LogP contribution < -0.4 is 5.73 Å². The number of nitrogens with two attached hydrogens (primary N) is 1. The molecule has 0 fully saturated rings. The zero-order valence-electron chi connectivity index (χ0n) is 10.0. The molecule has 0 aliphatic heterocycles. The van der Waals surface area contributed by atoms with Crippen molar-refractivity contribution in [3.63, 3.8) is 0 Å². The fourth-order valence-corrected chi connectivity index (χ4v) is 2.26. The summed E-state index contributed by atoms with van der Waals surface area (Å²) in [4.78, 5) is 1.30. The highest BCUT2D eigenvalue weighted by Gasteiger charge is 1.99. The van der Waals surface area contributed by atoms with Crippen molar-refractivity contribution in [2.75, 3.05) is 12.8 Å². The molecule has 0 amide bonds. The summed E-state index contributed by atoms with van der Waals surface area (Å²) in [6.07, 6.45) is 3.04. The van der Waals surface area contributed by atoms with Crippen LogP contribution in [-0.4, -0.2) is 12.8 Å². The highest BCUT2D eigenvalue weighted by molar-refractivity contribution is 7.98. The lowest BCUT2D eigenvalue weighted by atomic mass is 10.0. The minimum absolute atomic E-state index is 0.703. The van der Waals surface area contributed by atoms with E-state index in [0.29, 0.717) is 6.54 Å². The Morgan fingerprint density at radius 3 is 2.41 bits per heavy atom. The normalized spacial score (nSPS) is 10.5. The Morgan fingerprint density at radius 1 is 1.00 bits per heavy atom. The Labute approximate surface area is 107 Å². The molecule has 0 atom stereocenters. The van der Waals surface area contributed by atoms with Gasteiger partial charge in [-0.2, -0.15) is 0 Å². The van der Waals surface area contributed by atoms with Crippen LogP contribution in [0, 0.1) is 0 Å². The van der Waals surface area contributed by atoms with Gasteiger partial charge in [0.1, 0.15) is 0 Å². The number of benzene rings is 2. The topological polar surface area (TPSA) is 26.0 Å². The Kier molecular flexibility index (Phi) is 4.24. The van der Waals surface area contributed by atoms with Gasteiger partial charge in [-0.15, -0.1) is 11.8 Å². The molecular formula is C15H17NS. The molecule has 0 aliphatic rings. The summed E-state index contributed by atoms with van der Waals surface area (Å²) in [5.41, 5.74) is 9.42. The van der Waals surface area contributed by atoms with Gasteiger partial charge in [0.25, 0.3) is 0 Å². The molecule has 2 heteroatoms. The Balaban J connectivity index is 2.28. The van der Waals surface area contributed by atoms with Gasteiger partial charge in [0.15, 0.2) is 0 Å². The number of hydrogen-bond donors (Lipinski definition) is 1. The SMILES string of the molecule is CSc1ccc(-c2cccc(CCN)c2)cc1. The molecule has 2 aromatic rings. The van der Waals surface area contributed by atoms with Crippen molar-refractivity contribution < 1.29 is 0 Å². The summed E-state index contributed by atoms with van der Waals surface area (Å²) < 4.78 is 0. The van der Waals surface area contributed by atoms with E-state index >= 15 is 0 Å². The van der Waals surface area contributed by atoms with Crippen LogP contribution in [0.4, 0.5) is 0 Å². The van der Waals surface area contributed by atoms with Crippen molar-refractivity contribution in [3.05, 3.63) is 54.1 Å². The Hall–Kier alpha value is -1.25. The predicted octanol–water partition coefficient (Wildman–Crippen LogP) is 3.58. The van der Waals surface area contributed by atoms with Crippen molar-refractivity contribution in [2.45, 2.75) is 11.3 Å². The summed E-state index contributed by atoms with van der Waals surface area (Å²) in [5.74, 6) is 0. The van der Waals surface area contributed by atoms with Gasteiger partial charge in [0, 0.05) is 4.90 Å². The first-order valence-electron chi connectivity index (χ1n) is 5.77. The molecular weight excluding hydrogens is 226 g/mol. The van der Waals surface area contributed by atoms with E-state index in [1.807, 2.05) is 0 Å². The Bertz CT molecular complexity index is 477. The van der Waals surface area contributed by atoms with Crippen LogP contribution in [-0.2, 0) is 6.42 Å². The molecule has 0 heterocycles. The largest absolute Gasteiger partial charge is 0.330 e. The molecule has 0 bridgehead atoms. The molecule has 0 spiro atoms. The lowest BCUT2D eigenvalue weighted by molar-refractivity contribution is 0.969. The molecule has 0 saturated carbocycles.